The van der Waals surface area contributed by atoms with Crippen molar-refractivity contribution >= 4 is 17.6 Å². The van der Waals surface area contributed by atoms with E-state index in [0.29, 0.717) is 0 Å². The molecule has 0 saturated carbocycles. The molecular formula is C10H14N4O5. The number of ether oxygens (including phenoxy) is 1. The van der Waals surface area contributed by atoms with Gasteiger partial charge < -0.3 is 10.1 Å². The number of likely N-dealkylation sites (N-methyl/N-ethyl adjacent to an activating group) is 1. The first-order valence-electron chi connectivity index (χ1n) is 5.41. The van der Waals surface area contributed by atoms with Crippen LogP contribution in [0.15, 0.2) is 0 Å². The number of aromatic nitrogens is 2. The van der Waals surface area contributed by atoms with Gasteiger partial charge in [0.25, 0.3) is 5.91 Å². The van der Waals surface area contributed by atoms with E-state index in [1.807, 2.05) is 0 Å². The minimum atomic E-state index is -0.691. The Balaban J connectivity index is 2.73. The first kappa shape index (κ1) is 14.6. The van der Waals surface area contributed by atoms with Crippen LogP contribution in [0, 0.1) is 24.0 Å². The number of hydrogen-bond acceptors (Lipinski definition) is 6. The molecule has 0 atom stereocenters. The van der Waals surface area contributed by atoms with Crippen molar-refractivity contribution in [3.63, 3.8) is 0 Å². The van der Waals surface area contributed by atoms with Crippen LogP contribution in [0.5, 0.6) is 0 Å². The highest BCUT2D eigenvalue weighted by Crippen LogP contribution is 2.21. The number of carbonyl (C=O) groups is 2. The number of carbonyl (C=O) groups excluding carboxylic acids is 2. The predicted molar refractivity (Wildman–Crippen MR) is 63.4 cm³/mol. The highest BCUT2D eigenvalue weighted by molar-refractivity contribution is 5.80. The Hall–Kier alpha value is -2.45. The summed E-state index contributed by atoms with van der Waals surface area (Å²) in [5.74, 6) is -1.13. The number of nitro groups is 1. The Morgan fingerprint density at radius 1 is 1.47 bits per heavy atom. The van der Waals surface area contributed by atoms with Crippen molar-refractivity contribution in [3.8, 4) is 0 Å². The van der Waals surface area contributed by atoms with Gasteiger partial charge in [-0.05, 0) is 13.8 Å². The molecule has 0 aliphatic carbocycles. The molecule has 0 bridgehead atoms. The summed E-state index contributed by atoms with van der Waals surface area (Å²) in [6.45, 7) is 2.30. The Kier molecular flexibility index (Phi) is 4.56. The van der Waals surface area contributed by atoms with Crippen LogP contribution in [0.4, 0.5) is 5.69 Å². The summed E-state index contributed by atoms with van der Waals surface area (Å²) in [5, 5.41) is 17.0. The number of aryl methyl sites for hydroxylation is 1. The second kappa shape index (κ2) is 5.94. The van der Waals surface area contributed by atoms with Gasteiger partial charge in [0.2, 0.25) is 0 Å². The highest BCUT2D eigenvalue weighted by atomic mass is 16.6. The van der Waals surface area contributed by atoms with Crippen LogP contribution >= 0.6 is 0 Å². The fourth-order valence-corrected chi connectivity index (χ4v) is 1.49. The summed E-state index contributed by atoms with van der Waals surface area (Å²) < 4.78 is 5.86. The number of hydrogen-bond donors (Lipinski definition) is 1. The van der Waals surface area contributed by atoms with Crippen molar-refractivity contribution in [3.05, 3.63) is 21.5 Å². The highest BCUT2D eigenvalue weighted by Gasteiger charge is 2.23. The van der Waals surface area contributed by atoms with Crippen molar-refractivity contribution in [2.24, 2.45) is 0 Å². The van der Waals surface area contributed by atoms with E-state index >= 15 is 0 Å². The molecule has 1 N–H and O–H groups in total. The summed E-state index contributed by atoms with van der Waals surface area (Å²) >= 11 is 0. The molecular weight excluding hydrogens is 256 g/mol. The van der Waals surface area contributed by atoms with Crippen LogP contribution in [0.25, 0.3) is 0 Å². The first-order chi connectivity index (χ1) is 8.86. The number of nitrogens with zero attached hydrogens (tertiary/aromatic N) is 3. The second-order valence-electron chi connectivity index (χ2n) is 3.77. The third-order valence-electron chi connectivity index (χ3n) is 2.45. The van der Waals surface area contributed by atoms with Crippen LogP contribution in [0.2, 0.25) is 0 Å². The van der Waals surface area contributed by atoms with Gasteiger partial charge in [0.05, 0.1) is 4.92 Å². The second-order valence-corrected chi connectivity index (χ2v) is 3.77. The topological polar surface area (TPSA) is 116 Å². The van der Waals surface area contributed by atoms with Crippen molar-refractivity contribution in [2.75, 3.05) is 13.7 Å². The molecule has 1 amide bonds. The average molecular weight is 270 g/mol. The quantitative estimate of drug-likeness (QED) is 0.446. The molecule has 0 fully saturated rings. The molecule has 9 heteroatoms. The molecule has 0 radical (unpaired) electrons. The minimum Gasteiger partial charge on any atom is -0.454 e. The van der Waals surface area contributed by atoms with Crippen LogP contribution in [-0.4, -0.2) is 40.2 Å². The molecule has 0 aliphatic heterocycles. The van der Waals surface area contributed by atoms with E-state index in [4.69, 9.17) is 0 Å². The van der Waals surface area contributed by atoms with Gasteiger partial charge in [-0.3, -0.25) is 24.4 Å². The van der Waals surface area contributed by atoms with E-state index in [1.54, 1.807) is 0 Å². The molecule has 9 nitrogen and oxygen atoms in total. The number of rotatable bonds is 5. The molecule has 1 aromatic heterocycles. The maximum Gasteiger partial charge on any atom is 0.328 e. The molecule has 104 valence electrons. The average Bonchev–Trinajstić information content (AvgIpc) is 2.61. The third-order valence-corrected chi connectivity index (χ3v) is 2.45. The van der Waals surface area contributed by atoms with Crippen molar-refractivity contribution in [1.82, 2.24) is 15.1 Å². The molecule has 1 heterocycles. The fraction of sp³-hybridized carbons (Fsp3) is 0.500. The van der Waals surface area contributed by atoms with Crippen molar-refractivity contribution < 1.29 is 19.2 Å². The summed E-state index contributed by atoms with van der Waals surface area (Å²) in [6.07, 6.45) is 0. The lowest BCUT2D eigenvalue weighted by molar-refractivity contribution is -0.386. The fourth-order valence-electron chi connectivity index (χ4n) is 1.49. The van der Waals surface area contributed by atoms with Gasteiger partial charge in [0.1, 0.15) is 17.9 Å². The standard InChI is InChI=1S/C10H14N4O5/c1-6-10(14(17)18)7(2)13(12-6)4-9(16)19-5-8(15)11-3/h4-5H2,1-3H3,(H,11,15). The molecule has 19 heavy (non-hydrogen) atoms. The van der Waals surface area contributed by atoms with Crippen molar-refractivity contribution in [2.45, 2.75) is 20.4 Å². The van der Waals surface area contributed by atoms with Gasteiger partial charge in [0.15, 0.2) is 6.61 Å². The summed E-state index contributed by atoms with van der Waals surface area (Å²) in [7, 11) is 1.42. The van der Waals surface area contributed by atoms with E-state index < -0.39 is 23.4 Å². The molecule has 0 unspecified atom stereocenters. The maximum absolute atomic E-state index is 11.4. The van der Waals surface area contributed by atoms with Gasteiger partial charge >= 0.3 is 11.7 Å². The number of nitrogens with one attached hydrogen (secondary N) is 1. The predicted octanol–water partition coefficient (Wildman–Crippen LogP) is -0.303. The lowest BCUT2D eigenvalue weighted by Gasteiger charge is -2.04. The van der Waals surface area contributed by atoms with Gasteiger partial charge in [-0.15, -0.1) is 0 Å². The van der Waals surface area contributed by atoms with Gasteiger partial charge in [0, 0.05) is 7.05 Å². The zero-order chi connectivity index (χ0) is 14.6. The van der Waals surface area contributed by atoms with Crippen LogP contribution < -0.4 is 5.32 Å². The van der Waals surface area contributed by atoms with Gasteiger partial charge in [-0.25, -0.2) is 0 Å². The van der Waals surface area contributed by atoms with E-state index in [1.165, 1.54) is 25.6 Å². The van der Waals surface area contributed by atoms with E-state index in [-0.39, 0.29) is 23.6 Å². The van der Waals surface area contributed by atoms with Crippen LogP contribution in [-0.2, 0) is 20.9 Å². The monoisotopic (exact) mass is 270 g/mol. The molecule has 0 aromatic carbocycles. The largest absolute Gasteiger partial charge is 0.454 e. The summed E-state index contributed by atoms with van der Waals surface area (Å²) in [4.78, 5) is 32.6. The van der Waals surface area contributed by atoms with E-state index in [0.717, 1.165) is 0 Å². The Morgan fingerprint density at radius 3 is 2.58 bits per heavy atom. The molecule has 0 aliphatic rings. The van der Waals surface area contributed by atoms with Crippen LogP contribution in [0.1, 0.15) is 11.4 Å². The number of amides is 1. The summed E-state index contributed by atoms with van der Waals surface area (Å²) in [5.41, 5.74) is 0.361. The summed E-state index contributed by atoms with van der Waals surface area (Å²) in [6, 6.07) is 0. The smallest absolute Gasteiger partial charge is 0.328 e. The Morgan fingerprint density at radius 2 is 2.11 bits per heavy atom. The van der Waals surface area contributed by atoms with E-state index in [9.17, 15) is 19.7 Å². The van der Waals surface area contributed by atoms with Crippen LogP contribution in [0.3, 0.4) is 0 Å². The zero-order valence-corrected chi connectivity index (χ0v) is 10.8. The number of esters is 1. The Bertz CT molecular complexity index is 522. The Labute approximate surface area is 108 Å². The lowest BCUT2D eigenvalue weighted by Crippen LogP contribution is -2.26. The molecule has 0 spiro atoms. The zero-order valence-electron chi connectivity index (χ0n) is 10.8. The minimum absolute atomic E-state index is 0.126. The molecule has 1 aromatic rings. The maximum atomic E-state index is 11.4. The molecule has 1 rings (SSSR count). The first-order valence-corrected chi connectivity index (χ1v) is 5.41. The molecule has 0 saturated heterocycles. The third kappa shape index (κ3) is 3.50. The van der Waals surface area contributed by atoms with E-state index in [2.05, 4.69) is 15.2 Å². The SMILES string of the molecule is CNC(=O)COC(=O)Cn1nc(C)c([N+](=O)[O-])c1C. The van der Waals surface area contributed by atoms with Gasteiger partial charge in [-0.2, -0.15) is 5.10 Å². The van der Waals surface area contributed by atoms with Gasteiger partial charge in [-0.1, -0.05) is 0 Å². The van der Waals surface area contributed by atoms with Crippen molar-refractivity contribution in [1.29, 1.82) is 0 Å². The normalized spacial score (nSPS) is 10.1. The lowest BCUT2D eigenvalue weighted by atomic mass is 10.3.